The number of hydrogen-bond donors (Lipinski definition) is 0. The zero-order valence-electron chi connectivity index (χ0n) is 14.9. The Morgan fingerprint density at radius 1 is 1.15 bits per heavy atom. The van der Waals surface area contributed by atoms with Gasteiger partial charge in [-0.15, -0.1) is 0 Å². The van der Waals surface area contributed by atoms with Crippen molar-refractivity contribution in [3.8, 4) is 6.07 Å². The zero-order chi connectivity index (χ0) is 18.4. The van der Waals surface area contributed by atoms with Crippen LogP contribution >= 0.6 is 0 Å². The van der Waals surface area contributed by atoms with E-state index in [1.165, 1.54) is 6.07 Å². The largest absolute Gasteiger partial charge is 0.280 e. The quantitative estimate of drug-likeness (QED) is 0.631. The van der Waals surface area contributed by atoms with E-state index in [9.17, 15) is 9.65 Å². The molecular formula is C22H18FN3. The Balaban J connectivity index is 1.96. The number of fused-ring (bicyclic) bond motifs is 2. The van der Waals surface area contributed by atoms with Crippen molar-refractivity contribution in [2.45, 2.75) is 32.7 Å². The third-order valence-corrected chi connectivity index (χ3v) is 5.27. The molecule has 3 aromatic rings. The van der Waals surface area contributed by atoms with Crippen LogP contribution in [0.2, 0.25) is 0 Å². The maximum Gasteiger partial charge on any atom is 0.149 e. The third-order valence-electron chi connectivity index (χ3n) is 5.27. The van der Waals surface area contributed by atoms with E-state index in [1.807, 2.05) is 31.2 Å². The number of hydrogen-bond acceptors (Lipinski definition) is 3. The average molecular weight is 343 g/mol. The van der Waals surface area contributed by atoms with Crippen LogP contribution in [0.1, 0.15) is 47.6 Å². The molecule has 4 rings (SSSR count). The highest BCUT2D eigenvalue weighted by Crippen LogP contribution is 2.36. The summed E-state index contributed by atoms with van der Waals surface area (Å²) in [5, 5.41) is 10.4. The summed E-state index contributed by atoms with van der Waals surface area (Å²) in [6.07, 6.45) is 1.67. The molecule has 0 bridgehead atoms. The molecule has 2 aromatic carbocycles. The molecule has 26 heavy (non-hydrogen) atoms. The summed E-state index contributed by atoms with van der Waals surface area (Å²) in [6, 6.07) is 13.3. The molecule has 1 aliphatic heterocycles. The standard InChI is InChI=1S/C22H18FN3/c1-12-7-8-17-20(18(12)10-24)13(2)14(3)26-21(17)16-9-15-5-4-6-19(23)22(15)25-11-16/h4-9,11,13-14H,1-3H3. The van der Waals surface area contributed by atoms with Crippen LogP contribution in [0.4, 0.5) is 4.39 Å². The Morgan fingerprint density at radius 3 is 2.73 bits per heavy atom. The molecule has 128 valence electrons. The van der Waals surface area contributed by atoms with Gasteiger partial charge in [-0.2, -0.15) is 5.26 Å². The summed E-state index contributed by atoms with van der Waals surface area (Å²) in [7, 11) is 0. The molecule has 0 amide bonds. The number of halogens is 1. The van der Waals surface area contributed by atoms with Gasteiger partial charge < -0.3 is 0 Å². The second-order valence-electron chi connectivity index (χ2n) is 6.87. The first-order valence-electron chi connectivity index (χ1n) is 8.67. The van der Waals surface area contributed by atoms with E-state index in [-0.39, 0.29) is 17.8 Å². The van der Waals surface area contributed by atoms with Gasteiger partial charge in [-0.1, -0.05) is 31.2 Å². The van der Waals surface area contributed by atoms with E-state index in [0.717, 1.165) is 38.9 Å². The zero-order valence-corrected chi connectivity index (χ0v) is 14.9. The highest BCUT2D eigenvalue weighted by Gasteiger charge is 2.29. The van der Waals surface area contributed by atoms with Crippen LogP contribution in [0.5, 0.6) is 0 Å². The Morgan fingerprint density at radius 2 is 1.96 bits per heavy atom. The van der Waals surface area contributed by atoms with Crippen LogP contribution in [-0.2, 0) is 0 Å². The maximum atomic E-state index is 13.9. The fraction of sp³-hybridized carbons (Fsp3) is 0.227. The van der Waals surface area contributed by atoms with E-state index in [1.54, 1.807) is 12.3 Å². The van der Waals surface area contributed by atoms with Gasteiger partial charge in [-0.05, 0) is 37.1 Å². The lowest BCUT2D eigenvalue weighted by atomic mass is 9.80. The van der Waals surface area contributed by atoms with Crippen LogP contribution in [0.3, 0.4) is 0 Å². The summed E-state index contributed by atoms with van der Waals surface area (Å²) in [6.45, 7) is 6.13. The molecule has 0 fully saturated rings. The van der Waals surface area contributed by atoms with Crippen LogP contribution < -0.4 is 0 Å². The van der Waals surface area contributed by atoms with Crippen LogP contribution in [-0.4, -0.2) is 16.7 Å². The third kappa shape index (κ3) is 2.40. The molecule has 0 saturated heterocycles. The second kappa shape index (κ2) is 6.03. The summed E-state index contributed by atoms with van der Waals surface area (Å²) >= 11 is 0. The number of aryl methyl sites for hydroxylation is 1. The highest BCUT2D eigenvalue weighted by atomic mass is 19.1. The molecule has 1 aliphatic rings. The van der Waals surface area contributed by atoms with Gasteiger partial charge in [0.25, 0.3) is 0 Å². The first-order chi connectivity index (χ1) is 12.5. The summed E-state index contributed by atoms with van der Waals surface area (Å²) in [5.41, 5.74) is 5.74. The van der Waals surface area contributed by atoms with Gasteiger partial charge in [0.15, 0.2) is 0 Å². The predicted octanol–water partition coefficient (Wildman–Crippen LogP) is 4.90. The second-order valence-corrected chi connectivity index (χ2v) is 6.87. The average Bonchev–Trinajstić information content (AvgIpc) is 2.64. The number of nitrogens with zero attached hydrogens (tertiary/aromatic N) is 3. The molecular weight excluding hydrogens is 325 g/mol. The van der Waals surface area contributed by atoms with Gasteiger partial charge in [0, 0.05) is 28.6 Å². The fourth-order valence-corrected chi connectivity index (χ4v) is 3.67. The predicted molar refractivity (Wildman–Crippen MR) is 101 cm³/mol. The highest BCUT2D eigenvalue weighted by molar-refractivity contribution is 6.15. The van der Waals surface area contributed by atoms with Gasteiger partial charge in [-0.3, -0.25) is 9.98 Å². The van der Waals surface area contributed by atoms with Gasteiger partial charge in [0.05, 0.1) is 23.4 Å². The number of pyridine rings is 1. The van der Waals surface area contributed by atoms with Gasteiger partial charge in [0.2, 0.25) is 0 Å². The van der Waals surface area contributed by atoms with Gasteiger partial charge in [-0.25, -0.2) is 4.39 Å². The van der Waals surface area contributed by atoms with E-state index in [0.29, 0.717) is 5.52 Å². The summed E-state index contributed by atoms with van der Waals surface area (Å²) < 4.78 is 13.9. The first kappa shape index (κ1) is 16.4. The minimum Gasteiger partial charge on any atom is -0.280 e. The van der Waals surface area contributed by atoms with Crippen molar-refractivity contribution in [3.63, 3.8) is 0 Å². The molecule has 3 nitrogen and oxygen atoms in total. The van der Waals surface area contributed by atoms with Crippen molar-refractivity contribution in [2.24, 2.45) is 4.99 Å². The molecule has 0 N–H and O–H groups in total. The van der Waals surface area contributed by atoms with Crippen molar-refractivity contribution in [2.75, 3.05) is 0 Å². The Hall–Kier alpha value is -3.06. The van der Waals surface area contributed by atoms with Gasteiger partial charge in [0.1, 0.15) is 11.3 Å². The first-order valence-corrected chi connectivity index (χ1v) is 8.67. The van der Waals surface area contributed by atoms with Crippen LogP contribution in [0.15, 0.2) is 47.6 Å². The molecule has 0 saturated carbocycles. The van der Waals surface area contributed by atoms with E-state index >= 15 is 0 Å². The lowest BCUT2D eigenvalue weighted by molar-refractivity contribution is 0.604. The van der Waals surface area contributed by atoms with Gasteiger partial charge >= 0.3 is 0 Å². The molecule has 2 unspecified atom stereocenters. The Labute approximate surface area is 151 Å². The summed E-state index contributed by atoms with van der Waals surface area (Å²) in [4.78, 5) is 9.19. The molecule has 2 heterocycles. The van der Waals surface area contributed by atoms with Crippen LogP contribution in [0.25, 0.3) is 10.9 Å². The van der Waals surface area contributed by atoms with Crippen molar-refractivity contribution in [1.82, 2.24) is 4.98 Å². The lowest BCUT2D eigenvalue weighted by Gasteiger charge is -2.29. The summed E-state index contributed by atoms with van der Waals surface area (Å²) in [5.74, 6) is -0.168. The van der Waals surface area contributed by atoms with E-state index < -0.39 is 0 Å². The topological polar surface area (TPSA) is 49.0 Å². The Kier molecular flexibility index (Phi) is 3.81. The minimum atomic E-state index is -0.329. The number of rotatable bonds is 1. The van der Waals surface area contributed by atoms with Crippen molar-refractivity contribution in [1.29, 1.82) is 5.26 Å². The minimum absolute atomic E-state index is 0.0506. The maximum absolute atomic E-state index is 13.9. The van der Waals surface area contributed by atoms with Crippen molar-refractivity contribution in [3.05, 3.63) is 76.2 Å². The molecule has 0 aliphatic carbocycles. The number of aromatic nitrogens is 1. The Bertz CT molecular complexity index is 1110. The normalized spacial score (nSPS) is 19.0. The van der Waals surface area contributed by atoms with E-state index in [4.69, 9.17) is 4.99 Å². The van der Waals surface area contributed by atoms with E-state index in [2.05, 4.69) is 24.9 Å². The SMILES string of the molecule is Cc1ccc2c(c1C#N)C(C)C(C)N=C2c1cnc2c(F)cccc2c1. The monoisotopic (exact) mass is 343 g/mol. The number of para-hydroxylation sites is 1. The number of benzene rings is 2. The lowest BCUT2D eigenvalue weighted by Crippen LogP contribution is -2.24. The fourth-order valence-electron chi connectivity index (χ4n) is 3.67. The molecule has 4 heteroatoms. The van der Waals surface area contributed by atoms with Crippen LogP contribution in [0, 0.1) is 24.1 Å². The molecule has 0 spiro atoms. The molecule has 2 atom stereocenters. The molecule has 1 aromatic heterocycles. The van der Waals surface area contributed by atoms with Crippen molar-refractivity contribution >= 4 is 16.6 Å². The number of aliphatic imine (C=N–C) groups is 1. The van der Waals surface area contributed by atoms with Crippen molar-refractivity contribution < 1.29 is 4.39 Å². The molecule has 0 radical (unpaired) electrons. The smallest absolute Gasteiger partial charge is 0.149 e. The number of nitriles is 1.